The van der Waals surface area contributed by atoms with Gasteiger partial charge in [-0.15, -0.1) is 0 Å². The van der Waals surface area contributed by atoms with Gasteiger partial charge in [-0.2, -0.15) is 0 Å². The molecule has 3 aromatic rings. The van der Waals surface area contributed by atoms with E-state index in [4.69, 9.17) is 9.47 Å². The topological polar surface area (TPSA) is 51.0 Å². The van der Waals surface area contributed by atoms with Crippen LogP contribution in [0.2, 0.25) is 0 Å². The Labute approximate surface area is 134 Å². The number of hydrogen-bond donors (Lipinski definition) is 1. The van der Waals surface area contributed by atoms with Crippen LogP contribution >= 0.6 is 0 Å². The third-order valence-corrected chi connectivity index (χ3v) is 3.67. The van der Waals surface area contributed by atoms with Gasteiger partial charge in [-0.1, -0.05) is 30.3 Å². The first-order chi connectivity index (χ1) is 11.2. The van der Waals surface area contributed by atoms with Gasteiger partial charge in [0.1, 0.15) is 22.9 Å². The van der Waals surface area contributed by atoms with E-state index in [1.807, 2.05) is 36.4 Å². The SMILES string of the molecule is COc1ccc(OC)c(N=Cc2c(O)ccc3ccccc23)c1. The van der Waals surface area contributed by atoms with Crippen molar-refractivity contribution in [3.8, 4) is 17.2 Å². The Balaban J connectivity index is 2.09. The number of hydrogen-bond acceptors (Lipinski definition) is 4. The highest BCUT2D eigenvalue weighted by Gasteiger charge is 2.06. The molecule has 0 saturated heterocycles. The number of aromatic hydroxyl groups is 1. The lowest BCUT2D eigenvalue weighted by Crippen LogP contribution is -1.89. The highest BCUT2D eigenvalue weighted by atomic mass is 16.5. The van der Waals surface area contributed by atoms with Crippen LogP contribution < -0.4 is 9.47 Å². The van der Waals surface area contributed by atoms with Gasteiger partial charge in [0.25, 0.3) is 0 Å². The predicted octanol–water partition coefficient (Wildman–Crippen LogP) is 4.31. The van der Waals surface area contributed by atoms with Crippen molar-refractivity contribution in [2.45, 2.75) is 0 Å². The highest BCUT2D eigenvalue weighted by molar-refractivity contribution is 6.03. The lowest BCUT2D eigenvalue weighted by atomic mass is 10.0. The summed E-state index contributed by atoms with van der Waals surface area (Å²) in [6.07, 6.45) is 1.65. The maximum atomic E-state index is 10.2. The molecule has 0 spiro atoms. The molecule has 3 rings (SSSR count). The molecule has 0 fully saturated rings. The maximum absolute atomic E-state index is 10.2. The molecule has 1 N–H and O–H groups in total. The summed E-state index contributed by atoms with van der Waals surface area (Å²) < 4.78 is 10.5. The van der Waals surface area contributed by atoms with Crippen LogP contribution in [0.5, 0.6) is 17.2 Å². The molecular weight excluding hydrogens is 290 g/mol. The van der Waals surface area contributed by atoms with Crippen molar-refractivity contribution < 1.29 is 14.6 Å². The van der Waals surface area contributed by atoms with E-state index < -0.39 is 0 Å². The van der Waals surface area contributed by atoms with Crippen molar-refractivity contribution in [3.63, 3.8) is 0 Å². The van der Waals surface area contributed by atoms with E-state index in [1.54, 1.807) is 38.6 Å². The number of nitrogens with zero attached hydrogens (tertiary/aromatic N) is 1. The van der Waals surface area contributed by atoms with Crippen molar-refractivity contribution >= 4 is 22.7 Å². The molecule has 0 heterocycles. The van der Waals surface area contributed by atoms with E-state index in [0.717, 1.165) is 10.8 Å². The van der Waals surface area contributed by atoms with Crippen molar-refractivity contribution in [2.75, 3.05) is 14.2 Å². The van der Waals surface area contributed by atoms with Gasteiger partial charge in [-0.05, 0) is 29.0 Å². The molecule has 116 valence electrons. The van der Waals surface area contributed by atoms with Crippen LogP contribution in [0.4, 0.5) is 5.69 Å². The summed E-state index contributed by atoms with van der Waals surface area (Å²) in [6.45, 7) is 0. The van der Waals surface area contributed by atoms with Crippen LogP contribution in [-0.2, 0) is 0 Å². The van der Waals surface area contributed by atoms with E-state index in [1.165, 1.54) is 0 Å². The lowest BCUT2D eigenvalue weighted by Gasteiger charge is -2.08. The van der Waals surface area contributed by atoms with Crippen LogP contribution in [0.1, 0.15) is 5.56 Å². The van der Waals surface area contributed by atoms with Gasteiger partial charge in [0, 0.05) is 17.8 Å². The van der Waals surface area contributed by atoms with Gasteiger partial charge in [-0.25, -0.2) is 0 Å². The van der Waals surface area contributed by atoms with E-state index in [0.29, 0.717) is 22.7 Å². The molecule has 0 aliphatic rings. The Hall–Kier alpha value is -3.01. The van der Waals surface area contributed by atoms with Gasteiger partial charge in [0.15, 0.2) is 0 Å². The summed E-state index contributed by atoms with van der Waals surface area (Å²) in [7, 11) is 3.20. The fraction of sp³-hybridized carbons (Fsp3) is 0.105. The molecule has 0 bridgehead atoms. The van der Waals surface area contributed by atoms with Crippen LogP contribution in [-0.4, -0.2) is 25.5 Å². The highest BCUT2D eigenvalue weighted by Crippen LogP contribution is 2.32. The average Bonchev–Trinajstić information content (AvgIpc) is 2.60. The average molecular weight is 307 g/mol. The predicted molar refractivity (Wildman–Crippen MR) is 92.4 cm³/mol. The lowest BCUT2D eigenvalue weighted by molar-refractivity contribution is 0.404. The molecule has 0 unspecified atom stereocenters. The first kappa shape index (κ1) is 14.9. The molecule has 4 nitrogen and oxygen atoms in total. The number of methoxy groups -OCH3 is 2. The van der Waals surface area contributed by atoms with Gasteiger partial charge in [-0.3, -0.25) is 4.99 Å². The Kier molecular flexibility index (Phi) is 4.15. The second-order valence-electron chi connectivity index (χ2n) is 5.02. The third kappa shape index (κ3) is 2.97. The molecule has 0 aromatic heterocycles. The van der Waals surface area contributed by atoms with Crippen molar-refractivity contribution in [1.29, 1.82) is 0 Å². The summed E-state index contributed by atoms with van der Waals surface area (Å²) in [5.74, 6) is 1.52. The van der Waals surface area contributed by atoms with Gasteiger partial charge in [0.2, 0.25) is 0 Å². The second-order valence-corrected chi connectivity index (χ2v) is 5.02. The third-order valence-electron chi connectivity index (χ3n) is 3.67. The molecule has 0 radical (unpaired) electrons. The fourth-order valence-corrected chi connectivity index (χ4v) is 2.45. The van der Waals surface area contributed by atoms with E-state index >= 15 is 0 Å². The molecule has 0 atom stereocenters. The minimum atomic E-state index is 0.189. The summed E-state index contributed by atoms with van der Waals surface area (Å²) in [6, 6.07) is 16.8. The monoisotopic (exact) mass is 307 g/mol. The molecule has 4 heteroatoms. The van der Waals surface area contributed by atoms with E-state index in [2.05, 4.69) is 4.99 Å². The first-order valence-electron chi connectivity index (χ1n) is 7.19. The zero-order valence-corrected chi connectivity index (χ0v) is 13.0. The quantitative estimate of drug-likeness (QED) is 0.731. The summed E-state index contributed by atoms with van der Waals surface area (Å²) >= 11 is 0. The molecule has 0 amide bonds. The Bertz CT molecular complexity index is 872. The molecule has 0 aliphatic carbocycles. The summed E-state index contributed by atoms with van der Waals surface area (Å²) in [4.78, 5) is 4.48. The number of phenolic OH excluding ortho intramolecular Hbond substituents is 1. The molecular formula is C19H17NO3. The number of ether oxygens (including phenoxy) is 2. The minimum absolute atomic E-state index is 0.189. The van der Waals surface area contributed by atoms with Crippen molar-refractivity contribution in [3.05, 3.63) is 60.2 Å². The Morgan fingerprint density at radius 3 is 2.57 bits per heavy atom. The van der Waals surface area contributed by atoms with Crippen molar-refractivity contribution in [1.82, 2.24) is 0 Å². The molecule has 3 aromatic carbocycles. The van der Waals surface area contributed by atoms with E-state index in [-0.39, 0.29) is 5.75 Å². The molecule has 0 saturated carbocycles. The standard InChI is InChI=1S/C19H17NO3/c1-22-14-8-10-19(23-2)17(11-14)20-12-16-15-6-4-3-5-13(15)7-9-18(16)21/h3-12,21H,1-2H3. The summed E-state index contributed by atoms with van der Waals surface area (Å²) in [5, 5.41) is 12.2. The first-order valence-corrected chi connectivity index (χ1v) is 7.19. The fourth-order valence-electron chi connectivity index (χ4n) is 2.45. The minimum Gasteiger partial charge on any atom is -0.507 e. The van der Waals surface area contributed by atoms with Crippen LogP contribution in [0.25, 0.3) is 10.8 Å². The normalized spacial score (nSPS) is 11.0. The van der Waals surface area contributed by atoms with Crippen LogP contribution in [0.15, 0.2) is 59.6 Å². The van der Waals surface area contributed by atoms with E-state index in [9.17, 15) is 5.11 Å². The largest absolute Gasteiger partial charge is 0.507 e. The second kappa shape index (κ2) is 6.40. The smallest absolute Gasteiger partial charge is 0.144 e. The van der Waals surface area contributed by atoms with Crippen LogP contribution in [0, 0.1) is 0 Å². The Morgan fingerprint density at radius 1 is 0.957 bits per heavy atom. The van der Waals surface area contributed by atoms with Crippen molar-refractivity contribution in [2.24, 2.45) is 4.99 Å². The van der Waals surface area contributed by atoms with Gasteiger partial charge < -0.3 is 14.6 Å². The van der Waals surface area contributed by atoms with Gasteiger partial charge >= 0.3 is 0 Å². The zero-order valence-electron chi connectivity index (χ0n) is 13.0. The van der Waals surface area contributed by atoms with Crippen LogP contribution in [0.3, 0.4) is 0 Å². The number of aliphatic imine (C=N–C) groups is 1. The number of benzene rings is 3. The number of rotatable bonds is 4. The summed E-state index contributed by atoms with van der Waals surface area (Å²) in [5.41, 5.74) is 1.31. The number of phenols is 1. The molecule has 23 heavy (non-hydrogen) atoms. The zero-order chi connectivity index (χ0) is 16.2. The number of fused-ring (bicyclic) bond motifs is 1. The maximum Gasteiger partial charge on any atom is 0.144 e. The molecule has 0 aliphatic heterocycles. The van der Waals surface area contributed by atoms with Gasteiger partial charge in [0.05, 0.1) is 14.2 Å². The Morgan fingerprint density at radius 2 is 1.78 bits per heavy atom.